The lowest BCUT2D eigenvalue weighted by molar-refractivity contribution is -0.111. The zero-order valence-electron chi connectivity index (χ0n) is 11.3. The summed E-state index contributed by atoms with van der Waals surface area (Å²) >= 11 is 5.88. The van der Waals surface area contributed by atoms with Crippen molar-refractivity contribution in [3.8, 4) is 11.6 Å². The number of aromatic amines is 1. The highest BCUT2D eigenvalue weighted by molar-refractivity contribution is 6.28. The number of carbonyl (C=O) groups excluding carboxylic acids is 1. The van der Waals surface area contributed by atoms with E-state index in [-0.39, 0.29) is 11.2 Å². The molecule has 3 aromatic rings. The second kappa shape index (κ2) is 5.87. The number of hydrogen-bond donors (Lipinski definition) is 2. The molecule has 0 aliphatic heterocycles. The molecule has 2 N–H and O–H groups in total. The number of nitrogens with zero attached hydrogens (tertiary/aromatic N) is 2. The quantitative estimate of drug-likeness (QED) is 0.570. The standard InChI is InChI=1S/C15H11ClN4O2/c1-2-12(21)18-9-4-3-5-10(8-9)22-14-11-6-7-17-13(11)19-15(16)20-14/h2-8H,1H2,(H,18,21)(H,17,19,20). The van der Waals surface area contributed by atoms with E-state index >= 15 is 0 Å². The Morgan fingerprint density at radius 1 is 1.36 bits per heavy atom. The monoisotopic (exact) mass is 314 g/mol. The van der Waals surface area contributed by atoms with E-state index in [1.54, 1.807) is 36.5 Å². The van der Waals surface area contributed by atoms with Crippen LogP contribution in [-0.2, 0) is 4.79 Å². The predicted octanol–water partition coefficient (Wildman–Crippen LogP) is 3.53. The molecule has 0 fully saturated rings. The van der Waals surface area contributed by atoms with Crippen LogP contribution in [-0.4, -0.2) is 20.9 Å². The Morgan fingerprint density at radius 3 is 3.05 bits per heavy atom. The molecule has 6 nitrogen and oxygen atoms in total. The van der Waals surface area contributed by atoms with Gasteiger partial charge in [-0.3, -0.25) is 4.79 Å². The van der Waals surface area contributed by atoms with Gasteiger partial charge in [-0.25, -0.2) is 0 Å². The van der Waals surface area contributed by atoms with Gasteiger partial charge >= 0.3 is 0 Å². The van der Waals surface area contributed by atoms with Crippen LogP contribution in [0.5, 0.6) is 11.6 Å². The van der Waals surface area contributed by atoms with Crippen LogP contribution in [0.2, 0.25) is 5.28 Å². The number of H-pyrrole nitrogens is 1. The summed E-state index contributed by atoms with van der Waals surface area (Å²) in [5.41, 5.74) is 1.18. The SMILES string of the molecule is C=CC(=O)Nc1cccc(Oc2nc(Cl)nc3[nH]ccc23)c1. The lowest BCUT2D eigenvalue weighted by atomic mass is 10.3. The molecular weight excluding hydrogens is 304 g/mol. The average molecular weight is 315 g/mol. The zero-order valence-corrected chi connectivity index (χ0v) is 12.1. The lowest BCUT2D eigenvalue weighted by Crippen LogP contribution is -2.07. The number of benzene rings is 1. The molecule has 0 saturated heterocycles. The van der Waals surface area contributed by atoms with Crippen molar-refractivity contribution in [3.05, 3.63) is 54.5 Å². The maximum Gasteiger partial charge on any atom is 0.247 e. The van der Waals surface area contributed by atoms with Gasteiger partial charge in [0.05, 0.1) is 5.39 Å². The molecule has 22 heavy (non-hydrogen) atoms. The van der Waals surface area contributed by atoms with Gasteiger partial charge in [-0.05, 0) is 35.9 Å². The minimum absolute atomic E-state index is 0.0843. The fourth-order valence-electron chi connectivity index (χ4n) is 1.91. The van der Waals surface area contributed by atoms with Gasteiger partial charge in [0.2, 0.25) is 17.1 Å². The molecule has 0 aliphatic carbocycles. The van der Waals surface area contributed by atoms with Gasteiger partial charge in [0.15, 0.2) is 0 Å². The van der Waals surface area contributed by atoms with Gasteiger partial charge < -0.3 is 15.0 Å². The van der Waals surface area contributed by atoms with Crippen molar-refractivity contribution in [2.75, 3.05) is 5.32 Å². The van der Waals surface area contributed by atoms with Crippen molar-refractivity contribution < 1.29 is 9.53 Å². The van der Waals surface area contributed by atoms with E-state index in [2.05, 4.69) is 26.8 Å². The van der Waals surface area contributed by atoms with Crippen LogP contribution in [0.3, 0.4) is 0 Å². The van der Waals surface area contributed by atoms with E-state index < -0.39 is 0 Å². The zero-order chi connectivity index (χ0) is 15.5. The van der Waals surface area contributed by atoms with Crippen LogP contribution in [0, 0.1) is 0 Å². The van der Waals surface area contributed by atoms with E-state index in [0.717, 1.165) is 0 Å². The highest BCUT2D eigenvalue weighted by Crippen LogP contribution is 2.29. The van der Waals surface area contributed by atoms with Crippen molar-refractivity contribution in [2.24, 2.45) is 0 Å². The Kier molecular flexibility index (Phi) is 3.76. The van der Waals surface area contributed by atoms with Crippen LogP contribution >= 0.6 is 11.6 Å². The second-order valence-corrected chi connectivity index (χ2v) is 4.70. The van der Waals surface area contributed by atoms with Gasteiger partial charge in [0, 0.05) is 18.0 Å². The molecule has 2 heterocycles. The van der Waals surface area contributed by atoms with Gasteiger partial charge in [-0.1, -0.05) is 12.6 Å². The summed E-state index contributed by atoms with van der Waals surface area (Å²) in [6, 6.07) is 8.72. The third-order valence-electron chi connectivity index (χ3n) is 2.85. The van der Waals surface area contributed by atoms with Crippen LogP contribution in [0.15, 0.2) is 49.2 Å². The molecule has 110 valence electrons. The summed E-state index contributed by atoms with van der Waals surface area (Å²) in [6.45, 7) is 3.41. The minimum Gasteiger partial charge on any atom is -0.438 e. The highest BCUT2D eigenvalue weighted by Gasteiger charge is 2.10. The molecule has 0 unspecified atom stereocenters. The van der Waals surface area contributed by atoms with E-state index in [4.69, 9.17) is 16.3 Å². The van der Waals surface area contributed by atoms with E-state index in [0.29, 0.717) is 28.4 Å². The smallest absolute Gasteiger partial charge is 0.247 e. The molecule has 2 aromatic heterocycles. The third kappa shape index (κ3) is 2.91. The summed E-state index contributed by atoms with van der Waals surface area (Å²) in [5.74, 6) is 0.554. The summed E-state index contributed by atoms with van der Waals surface area (Å²) in [7, 11) is 0. The number of anilines is 1. The maximum atomic E-state index is 11.3. The third-order valence-corrected chi connectivity index (χ3v) is 3.02. The number of ether oxygens (including phenoxy) is 1. The first kappa shape index (κ1) is 14.1. The fraction of sp³-hybridized carbons (Fsp3) is 0. The average Bonchev–Trinajstić information content (AvgIpc) is 2.95. The number of fused-ring (bicyclic) bond motifs is 1. The summed E-state index contributed by atoms with van der Waals surface area (Å²) in [4.78, 5) is 22.4. The number of nitrogens with one attached hydrogen (secondary N) is 2. The minimum atomic E-state index is -0.296. The summed E-state index contributed by atoms with van der Waals surface area (Å²) in [6.07, 6.45) is 2.92. The summed E-state index contributed by atoms with van der Waals surface area (Å²) < 4.78 is 5.75. The molecule has 0 radical (unpaired) electrons. The normalized spacial score (nSPS) is 10.4. The molecular formula is C15H11ClN4O2. The van der Waals surface area contributed by atoms with Crippen LogP contribution < -0.4 is 10.1 Å². The lowest BCUT2D eigenvalue weighted by Gasteiger charge is -2.08. The second-order valence-electron chi connectivity index (χ2n) is 4.36. The molecule has 0 spiro atoms. The Labute approximate surface area is 130 Å². The van der Waals surface area contributed by atoms with Gasteiger partial charge in [0.1, 0.15) is 11.4 Å². The Balaban J connectivity index is 1.91. The summed E-state index contributed by atoms with van der Waals surface area (Å²) in [5, 5.41) is 3.46. The van der Waals surface area contributed by atoms with Crippen molar-refractivity contribution >= 4 is 34.2 Å². The predicted molar refractivity (Wildman–Crippen MR) is 84.2 cm³/mol. The molecule has 1 aromatic carbocycles. The molecule has 1 amide bonds. The van der Waals surface area contributed by atoms with E-state index in [9.17, 15) is 4.79 Å². The van der Waals surface area contributed by atoms with Crippen LogP contribution in [0.4, 0.5) is 5.69 Å². The maximum absolute atomic E-state index is 11.3. The molecule has 0 bridgehead atoms. The Hall–Kier alpha value is -2.86. The molecule has 0 atom stereocenters. The van der Waals surface area contributed by atoms with E-state index in [1.807, 2.05) is 0 Å². The molecule has 0 aliphatic rings. The largest absolute Gasteiger partial charge is 0.438 e. The first-order valence-corrected chi connectivity index (χ1v) is 6.75. The fourth-order valence-corrected chi connectivity index (χ4v) is 2.07. The van der Waals surface area contributed by atoms with Crippen molar-refractivity contribution in [3.63, 3.8) is 0 Å². The topological polar surface area (TPSA) is 79.9 Å². The number of hydrogen-bond acceptors (Lipinski definition) is 4. The first-order valence-electron chi connectivity index (χ1n) is 6.37. The first-order chi connectivity index (χ1) is 10.7. The number of aromatic nitrogens is 3. The van der Waals surface area contributed by atoms with Gasteiger partial charge in [0.25, 0.3) is 0 Å². The number of amides is 1. The van der Waals surface area contributed by atoms with Gasteiger partial charge in [-0.2, -0.15) is 9.97 Å². The highest BCUT2D eigenvalue weighted by atomic mass is 35.5. The van der Waals surface area contributed by atoms with Crippen LogP contribution in [0.25, 0.3) is 11.0 Å². The molecule has 0 saturated carbocycles. The number of halogens is 1. The molecule has 3 rings (SSSR count). The van der Waals surface area contributed by atoms with Crippen molar-refractivity contribution in [1.29, 1.82) is 0 Å². The van der Waals surface area contributed by atoms with Crippen molar-refractivity contribution in [2.45, 2.75) is 0 Å². The number of carbonyl (C=O) groups is 1. The van der Waals surface area contributed by atoms with Gasteiger partial charge in [-0.15, -0.1) is 0 Å². The Morgan fingerprint density at radius 2 is 2.23 bits per heavy atom. The van der Waals surface area contributed by atoms with E-state index in [1.165, 1.54) is 6.08 Å². The Bertz CT molecular complexity index is 860. The number of rotatable bonds is 4. The van der Waals surface area contributed by atoms with Crippen LogP contribution in [0.1, 0.15) is 0 Å². The van der Waals surface area contributed by atoms with Crippen molar-refractivity contribution in [1.82, 2.24) is 15.0 Å². The molecule has 7 heteroatoms.